The zero-order chi connectivity index (χ0) is 6.78. The topological polar surface area (TPSA) is 35.2 Å². The maximum Gasteiger partial charge on any atom is 0.0686 e. The molecule has 0 bridgehead atoms. The maximum absolute atomic E-state index is 5.04. The van der Waals surface area contributed by atoms with Crippen LogP contribution in [0.15, 0.2) is 0 Å². The van der Waals surface area contributed by atoms with Crippen LogP contribution in [0.25, 0.3) is 0 Å². The van der Waals surface area contributed by atoms with Crippen molar-refractivity contribution in [1.29, 1.82) is 0 Å². The van der Waals surface area contributed by atoms with Crippen molar-refractivity contribution in [3.8, 4) is 0 Å². The highest BCUT2D eigenvalue weighted by Crippen LogP contribution is 2.13. The molecule has 2 N–H and O–H groups in total. The summed E-state index contributed by atoms with van der Waals surface area (Å²) in [6, 6.07) is 0. The molecule has 0 aliphatic carbocycles. The van der Waals surface area contributed by atoms with Crippen molar-refractivity contribution < 1.29 is 4.84 Å². The van der Waals surface area contributed by atoms with Crippen LogP contribution < -0.4 is 5.90 Å². The smallest absolute Gasteiger partial charge is 0.0686 e. The molecule has 0 aliphatic rings. The molecule has 1 atom stereocenters. The van der Waals surface area contributed by atoms with E-state index in [-0.39, 0.29) is 5.22 Å². The second-order valence-corrected chi connectivity index (χ2v) is 4.86. The Morgan fingerprint density at radius 2 is 2.00 bits per heavy atom. The highest BCUT2D eigenvalue weighted by Gasteiger charge is 2.21. The lowest BCUT2D eigenvalue weighted by Crippen LogP contribution is -2.37. The molecule has 0 spiro atoms. The molecule has 0 aromatic carbocycles. The van der Waals surface area contributed by atoms with Gasteiger partial charge in [0, 0.05) is 10.2 Å². The van der Waals surface area contributed by atoms with E-state index < -0.39 is 0 Å². The molecule has 2 nitrogen and oxygen atoms in total. The van der Waals surface area contributed by atoms with Crippen LogP contribution >= 0.6 is 0 Å². The molecular formula is C5H15NOSi. The SMILES string of the molecule is CC(C)C(C)([SiH3])ON. The minimum atomic E-state index is -0.0417. The Labute approximate surface area is 53.8 Å². The lowest BCUT2D eigenvalue weighted by Gasteiger charge is -2.25. The Morgan fingerprint density at radius 1 is 1.62 bits per heavy atom. The van der Waals surface area contributed by atoms with E-state index in [1.54, 1.807) is 0 Å². The first-order valence-corrected chi connectivity index (χ1v) is 3.88. The molecule has 0 saturated carbocycles. The van der Waals surface area contributed by atoms with E-state index in [1.807, 2.05) is 6.92 Å². The summed E-state index contributed by atoms with van der Waals surface area (Å²) in [5, 5.41) is -0.0417. The average Bonchev–Trinajstić information content (AvgIpc) is 1.67. The highest BCUT2D eigenvalue weighted by atomic mass is 28.1. The van der Waals surface area contributed by atoms with Crippen molar-refractivity contribution in [2.45, 2.75) is 26.0 Å². The third kappa shape index (κ3) is 1.94. The quantitative estimate of drug-likeness (QED) is 0.411. The van der Waals surface area contributed by atoms with Crippen molar-refractivity contribution in [3.05, 3.63) is 0 Å². The number of nitrogens with two attached hydrogens (primary N) is 1. The molecule has 1 unspecified atom stereocenters. The van der Waals surface area contributed by atoms with Gasteiger partial charge in [0.15, 0.2) is 0 Å². The Bertz CT molecular complexity index is 72.8. The molecular weight excluding hydrogens is 118 g/mol. The Hall–Kier alpha value is 0.137. The summed E-state index contributed by atoms with van der Waals surface area (Å²) in [4.78, 5) is 4.76. The van der Waals surface area contributed by atoms with Crippen molar-refractivity contribution in [2.75, 3.05) is 0 Å². The van der Waals surface area contributed by atoms with Gasteiger partial charge >= 0.3 is 0 Å². The number of hydrogen-bond donors (Lipinski definition) is 1. The lowest BCUT2D eigenvalue weighted by atomic mass is 10.1. The largest absolute Gasteiger partial charge is 0.303 e. The van der Waals surface area contributed by atoms with Crippen molar-refractivity contribution in [2.24, 2.45) is 11.8 Å². The normalized spacial score (nSPS) is 19.1. The van der Waals surface area contributed by atoms with E-state index in [0.29, 0.717) is 5.92 Å². The first kappa shape index (κ1) is 8.14. The molecule has 0 saturated heterocycles. The van der Waals surface area contributed by atoms with E-state index in [1.165, 1.54) is 0 Å². The molecule has 0 rings (SSSR count). The van der Waals surface area contributed by atoms with Gasteiger partial charge in [0.2, 0.25) is 0 Å². The van der Waals surface area contributed by atoms with E-state index in [2.05, 4.69) is 13.8 Å². The van der Waals surface area contributed by atoms with Gasteiger partial charge in [-0.25, -0.2) is 5.90 Å². The molecule has 0 aromatic heterocycles. The van der Waals surface area contributed by atoms with Gasteiger partial charge in [0.25, 0.3) is 0 Å². The second-order valence-electron chi connectivity index (χ2n) is 2.88. The first-order chi connectivity index (χ1) is 3.50. The summed E-state index contributed by atoms with van der Waals surface area (Å²) in [6.45, 7) is 6.25. The molecule has 50 valence electrons. The third-order valence-corrected chi connectivity index (χ3v) is 3.08. The fraction of sp³-hybridized carbons (Fsp3) is 1.00. The Balaban J connectivity index is 3.71. The molecule has 0 heterocycles. The summed E-state index contributed by atoms with van der Waals surface area (Å²) in [6.07, 6.45) is 0. The zero-order valence-electron chi connectivity index (χ0n) is 6.06. The van der Waals surface area contributed by atoms with Crippen LogP contribution in [0.5, 0.6) is 0 Å². The standard InChI is InChI=1S/C5H15NOSi/c1-4(2)5(3,8)7-6/h4H,6H2,1-3,8H3. The molecule has 0 fully saturated rings. The van der Waals surface area contributed by atoms with Gasteiger partial charge in [0.1, 0.15) is 0 Å². The lowest BCUT2D eigenvalue weighted by molar-refractivity contribution is -0.00127. The second kappa shape index (κ2) is 2.62. The monoisotopic (exact) mass is 133 g/mol. The first-order valence-electron chi connectivity index (χ1n) is 2.88. The van der Waals surface area contributed by atoms with Crippen molar-refractivity contribution in [1.82, 2.24) is 0 Å². The van der Waals surface area contributed by atoms with Gasteiger partial charge in [-0.2, -0.15) is 0 Å². The molecule has 0 amide bonds. The molecule has 0 aliphatic heterocycles. The third-order valence-electron chi connectivity index (χ3n) is 1.69. The van der Waals surface area contributed by atoms with E-state index >= 15 is 0 Å². The summed E-state index contributed by atoms with van der Waals surface area (Å²) in [7, 11) is 0.986. The fourth-order valence-electron chi connectivity index (χ4n) is 0.136. The van der Waals surface area contributed by atoms with Crippen LogP contribution in [0.2, 0.25) is 0 Å². The Kier molecular flexibility index (Phi) is 2.66. The Morgan fingerprint density at radius 3 is 2.00 bits per heavy atom. The van der Waals surface area contributed by atoms with Crippen molar-refractivity contribution in [3.63, 3.8) is 0 Å². The van der Waals surface area contributed by atoms with Gasteiger partial charge in [-0.15, -0.1) is 0 Å². The summed E-state index contributed by atoms with van der Waals surface area (Å²) < 4.78 is 0. The fourth-order valence-corrected chi connectivity index (χ4v) is 0.136. The summed E-state index contributed by atoms with van der Waals surface area (Å²) in [5.41, 5.74) is 0. The van der Waals surface area contributed by atoms with Crippen molar-refractivity contribution >= 4 is 10.2 Å². The predicted octanol–water partition coefficient (Wildman–Crippen LogP) is -0.386. The van der Waals surface area contributed by atoms with Crippen LogP contribution in [0.3, 0.4) is 0 Å². The van der Waals surface area contributed by atoms with Crippen LogP contribution in [0.1, 0.15) is 20.8 Å². The van der Waals surface area contributed by atoms with Gasteiger partial charge in [-0.3, -0.25) is 0 Å². The van der Waals surface area contributed by atoms with Crippen LogP contribution in [0.4, 0.5) is 0 Å². The maximum atomic E-state index is 5.04. The van der Waals surface area contributed by atoms with E-state index in [4.69, 9.17) is 10.7 Å². The molecule has 3 heteroatoms. The summed E-state index contributed by atoms with van der Waals surface area (Å²) in [5.74, 6) is 5.57. The van der Waals surface area contributed by atoms with Gasteiger partial charge in [-0.1, -0.05) is 13.8 Å². The summed E-state index contributed by atoms with van der Waals surface area (Å²) >= 11 is 0. The highest BCUT2D eigenvalue weighted by molar-refractivity contribution is 6.14. The molecule has 0 aromatic rings. The number of rotatable bonds is 2. The zero-order valence-corrected chi connectivity index (χ0v) is 8.06. The van der Waals surface area contributed by atoms with Gasteiger partial charge < -0.3 is 4.84 Å². The minimum absolute atomic E-state index is 0.0417. The molecule has 8 heavy (non-hydrogen) atoms. The minimum Gasteiger partial charge on any atom is -0.303 e. The van der Waals surface area contributed by atoms with Gasteiger partial charge in [-0.05, 0) is 12.8 Å². The van der Waals surface area contributed by atoms with E-state index in [9.17, 15) is 0 Å². The van der Waals surface area contributed by atoms with Crippen LogP contribution in [-0.4, -0.2) is 15.5 Å². The van der Waals surface area contributed by atoms with Crippen LogP contribution in [0, 0.1) is 5.92 Å². The predicted molar refractivity (Wildman–Crippen MR) is 38.5 cm³/mol. The van der Waals surface area contributed by atoms with Crippen LogP contribution in [-0.2, 0) is 4.84 Å². The number of hydrogen-bond acceptors (Lipinski definition) is 2. The molecule has 0 radical (unpaired) electrons. The van der Waals surface area contributed by atoms with Gasteiger partial charge in [0.05, 0.1) is 5.22 Å². The average molecular weight is 133 g/mol. The van der Waals surface area contributed by atoms with E-state index in [0.717, 1.165) is 10.2 Å².